The topological polar surface area (TPSA) is 180 Å². The summed E-state index contributed by atoms with van der Waals surface area (Å²) >= 11 is 12.7. The highest BCUT2D eigenvalue weighted by Crippen LogP contribution is 2.30. The number of nitrogens with one attached hydrogen (secondary N) is 3. The van der Waals surface area contributed by atoms with Crippen molar-refractivity contribution < 1.29 is 29.6 Å². The van der Waals surface area contributed by atoms with Crippen molar-refractivity contribution in [2.75, 3.05) is 18.5 Å². The van der Waals surface area contributed by atoms with E-state index in [1.165, 1.54) is 10.6 Å². The molecular formula is C39H42Cl2N6O7. The van der Waals surface area contributed by atoms with Crippen molar-refractivity contribution >= 4 is 41.0 Å². The minimum absolute atomic E-state index is 0.0415. The number of aliphatic hydroxyl groups excluding tert-OH is 2. The van der Waals surface area contributed by atoms with Crippen LogP contribution in [0.4, 0.5) is 10.6 Å². The first-order chi connectivity index (χ1) is 25.6. The zero-order chi connectivity index (χ0) is 39.3. The van der Waals surface area contributed by atoms with Crippen LogP contribution in [0.1, 0.15) is 59.2 Å². The van der Waals surface area contributed by atoms with Crippen LogP contribution < -0.4 is 26.2 Å². The fraction of sp³-hybridized carbons (Fsp3) is 0.282. The van der Waals surface area contributed by atoms with Gasteiger partial charge in [-0.25, -0.2) is 9.48 Å². The van der Waals surface area contributed by atoms with Crippen LogP contribution in [0.3, 0.4) is 0 Å². The zero-order valence-electron chi connectivity index (χ0n) is 30.4. The standard InChI is InChI=1S/C39H42Cl2N6O7/c1-22-10-11-24(36(51)42-19-28(49)20-48)15-30(22)46-23(2)14-32(35(41)37(46)52)54-21-26-9-7-6-8-25(26)18-43-38(53)44-34-17-33(39(3,4)5)45-47(34)27-12-13-31(50)29(40)16-27/h6-17,28,48-50H,18-21H2,1-5H3,(H,42,51)(H2,43,44,53). The van der Waals surface area contributed by atoms with E-state index in [1.54, 1.807) is 61.0 Å². The van der Waals surface area contributed by atoms with E-state index in [2.05, 4.69) is 21.0 Å². The van der Waals surface area contributed by atoms with E-state index in [0.717, 1.165) is 16.8 Å². The molecule has 1 unspecified atom stereocenters. The number of aliphatic hydroxyl groups is 2. The molecule has 0 radical (unpaired) electrons. The van der Waals surface area contributed by atoms with E-state index < -0.39 is 30.2 Å². The summed E-state index contributed by atoms with van der Waals surface area (Å²) in [4.78, 5) is 39.5. The highest BCUT2D eigenvalue weighted by molar-refractivity contribution is 6.32. The number of phenolic OH excluding ortho intramolecular Hbond substituents is 1. The first-order valence-electron chi connectivity index (χ1n) is 17.0. The summed E-state index contributed by atoms with van der Waals surface area (Å²) in [7, 11) is 0. The number of pyridine rings is 1. The molecule has 0 saturated heterocycles. The Morgan fingerprint density at radius 2 is 1.69 bits per heavy atom. The first kappa shape index (κ1) is 39.9. The van der Waals surface area contributed by atoms with Crippen molar-refractivity contribution in [1.82, 2.24) is 25.0 Å². The number of aromatic nitrogens is 3. The largest absolute Gasteiger partial charge is 0.506 e. The molecule has 284 valence electrons. The molecule has 0 spiro atoms. The maximum absolute atomic E-state index is 13.6. The van der Waals surface area contributed by atoms with Gasteiger partial charge in [0.15, 0.2) is 0 Å². The SMILES string of the molecule is Cc1ccc(C(=O)NCC(O)CO)cc1-n1c(C)cc(OCc2ccccc2CNC(=O)Nc2cc(C(C)(C)C)nn2-c2ccc(O)c(Cl)c2)c(Cl)c1=O. The second-order valence-electron chi connectivity index (χ2n) is 13.7. The van der Waals surface area contributed by atoms with Crippen LogP contribution in [-0.4, -0.2) is 60.9 Å². The van der Waals surface area contributed by atoms with Gasteiger partial charge in [-0.3, -0.25) is 19.5 Å². The molecule has 0 fully saturated rings. The van der Waals surface area contributed by atoms with Crippen molar-refractivity contribution in [1.29, 1.82) is 0 Å². The monoisotopic (exact) mass is 776 g/mol. The molecule has 0 aliphatic rings. The summed E-state index contributed by atoms with van der Waals surface area (Å²) in [6.45, 7) is 9.09. The molecule has 0 aliphatic heterocycles. The van der Waals surface area contributed by atoms with E-state index in [4.69, 9.17) is 33.0 Å². The summed E-state index contributed by atoms with van der Waals surface area (Å²) in [6.07, 6.45) is -1.10. The van der Waals surface area contributed by atoms with Crippen molar-refractivity contribution in [3.05, 3.63) is 127 Å². The van der Waals surface area contributed by atoms with Crippen molar-refractivity contribution in [2.24, 2.45) is 0 Å². The Morgan fingerprint density at radius 3 is 2.37 bits per heavy atom. The van der Waals surface area contributed by atoms with Gasteiger partial charge in [-0.15, -0.1) is 0 Å². The molecule has 15 heteroatoms. The predicted molar refractivity (Wildman–Crippen MR) is 208 cm³/mol. The second-order valence-corrected chi connectivity index (χ2v) is 14.5. The number of phenols is 1. The van der Waals surface area contributed by atoms with Gasteiger partial charge in [-0.05, 0) is 60.9 Å². The number of rotatable bonds is 12. The molecule has 3 amide bonds. The van der Waals surface area contributed by atoms with Gasteiger partial charge in [0.1, 0.15) is 28.9 Å². The molecule has 2 heterocycles. The number of hydrogen-bond donors (Lipinski definition) is 6. The Bertz CT molecular complexity index is 2250. The third-order valence-corrected chi connectivity index (χ3v) is 9.21. The van der Waals surface area contributed by atoms with Crippen LogP contribution in [0.5, 0.6) is 11.5 Å². The van der Waals surface area contributed by atoms with E-state index in [-0.39, 0.29) is 52.2 Å². The maximum atomic E-state index is 13.6. The number of halogens is 2. The minimum atomic E-state index is -1.10. The van der Waals surface area contributed by atoms with Crippen LogP contribution >= 0.6 is 23.2 Å². The molecule has 54 heavy (non-hydrogen) atoms. The zero-order valence-corrected chi connectivity index (χ0v) is 31.9. The van der Waals surface area contributed by atoms with Crippen LogP contribution in [-0.2, 0) is 18.6 Å². The van der Waals surface area contributed by atoms with Gasteiger partial charge >= 0.3 is 6.03 Å². The molecule has 6 N–H and O–H groups in total. The molecule has 3 aromatic carbocycles. The molecule has 0 aliphatic carbocycles. The Hall–Kier alpha value is -5.34. The third-order valence-electron chi connectivity index (χ3n) is 8.56. The Morgan fingerprint density at radius 1 is 0.963 bits per heavy atom. The van der Waals surface area contributed by atoms with Crippen LogP contribution in [0.15, 0.2) is 77.6 Å². The van der Waals surface area contributed by atoms with E-state index >= 15 is 0 Å². The van der Waals surface area contributed by atoms with Gasteiger partial charge in [0.2, 0.25) is 0 Å². The number of carbonyl (C=O) groups excluding carboxylic acids is 2. The van der Waals surface area contributed by atoms with Gasteiger partial charge in [-0.2, -0.15) is 5.10 Å². The lowest BCUT2D eigenvalue weighted by Gasteiger charge is -2.18. The summed E-state index contributed by atoms with van der Waals surface area (Å²) in [5.74, 6) is 0.0156. The molecule has 5 rings (SSSR count). The quantitative estimate of drug-likeness (QED) is 0.0902. The van der Waals surface area contributed by atoms with Gasteiger partial charge in [0.25, 0.3) is 11.5 Å². The van der Waals surface area contributed by atoms with Crippen molar-refractivity contribution in [2.45, 2.75) is 59.3 Å². The summed E-state index contributed by atoms with van der Waals surface area (Å²) < 4.78 is 9.02. The average Bonchev–Trinajstić information content (AvgIpc) is 3.57. The van der Waals surface area contributed by atoms with E-state index in [9.17, 15) is 24.6 Å². The molecular weight excluding hydrogens is 735 g/mol. The van der Waals surface area contributed by atoms with Crippen LogP contribution in [0, 0.1) is 13.8 Å². The minimum Gasteiger partial charge on any atom is -0.506 e. The average molecular weight is 778 g/mol. The highest BCUT2D eigenvalue weighted by Gasteiger charge is 2.23. The second kappa shape index (κ2) is 16.8. The smallest absolute Gasteiger partial charge is 0.320 e. The number of aryl methyl sites for hydroxylation is 2. The number of urea groups is 1. The molecule has 2 aromatic heterocycles. The fourth-order valence-corrected chi connectivity index (χ4v) is 5.85. The van der Waals surface area contributed by atoms with Crippen LogP contribution in [0.2, 0.25) is 10.0 Å². The summed E-state index contributed by atoms with van der Waals surface area (Å²) in [5.41, 5.74) is 3.85. The molecule has 1 atom stereocenters. The molecule has 0 bridgehead atoms. The maximum Gasteiger partial charge on any atom is 0.320 e. The molecule has 5 aromatic rings. The van der Waals surface area contributed by atoms with Crippen LogP contribution in [0.25, 0.3) is 11.4 Å². The van der Waals surface area contributed by atoms with Gasteiger partial charge in [-0.1, -0.05) is 74.3 Å². The van der Waals surface area contributed by atoms with E-state index in [0.29, 0.717) is 28.5 Å². The first-order valence-corrected chi connectivity index (χ1v) is 17.8. The lowest BCUT2D eigenvalue weighted by molar-refractivity contribution is 0.0802. The Kier molecular flexibility index (Phi) is 12.4. The van der Waals surface area contributed by atoms with E-state index in [1.807, 2.05) is 45.0 Å². The van der Waals surface area contributed by atoms with Crippen molar-refractivity contribution in [3.8, 4) is 22.9 Å². The predicted octanol–water partition coefficient (Wildman–Crippen LogP) is 5.93. The highest BCUT2D eigenvalue weighted by atomic mass is 35.5. The number of carbonyl (C=O) groups is 2. The van der Waals surface area contributed by atoms with Crippen molar-refractivity contribution in [3.63, 3.8) is 0 Å². The normalized spacial score (nSPS) is 11.9. The lowest BCUT2D eigenvalue weighted by Crippen LogP contribution is -2.34. The van der Waals surface area contributed by atoms with Gasteiger partial charge < -0.3 is 30.7 Å². The van der Waals surface area contributed by atoms with Gasteiger partial charge in [0.05, 0.1) is 34.8 Å². The number of amides is 3. The summed E-state index contributed by atoms with van der Waals surface area (Å²) in [5, 5.41) is 41.5. The number of ether oxygens (including phenoxy) is 1. The fourth-order valence-electron chi connectivity index (χ4n) is 5.48. The number of benzene rings is 3. The number of hydrogen-bond acceptors (Lipinski definition) is 8. The third kappa shape index (κ3) is 9.23. The Balaban J connectivity index is 1.30. The molecule has 13 nitrogen and oxygen atoms in total. The number of aromatic hydroxyl groups is 1. The van der Waals surface area contributed by atoms with Gasteiger partial charge in [0, 0.05) is 41.9 Å². The Labute approximate surface area is 322 Å². The summed E-state index contributed by atoms with van der Waals surface area (Å²) in [6, 6.07) is 19.8. The lowest BCUT2D eigenvalue weighted by atomic mass is 9.92. The number of anilines is 1. The number of nitrogens with zero attached hydrogens (tertiary/aromatic N) is 3. The molecule has 0 saturated carbocycles.